The highest BCUT2D eigenvalue weighted by molar-refractivity contribution is 5.98. The van der Waals surface area contributed by atoms with E-state index in [0.717, 1.165) is 0 Å². The molecule has 92 valence electrons. The van der Waals surface area contributed by atoms with Gasteiger partial charge in [-0.25, -0.2) is 4.79 Å². The van der Waals surface area contributed by atoms with E-state index in [1.54, 1.807) is 0 Å². The molecule has 1 aromatic rings. The molecular formula is C10H12N2O5. The highest BCUT2D eigenvalue weighted by Gasteiger charge is 2.21. The zero-order chi connectivity index (χ0) is 12.8. The van der Waals surface area contributed by atoms with Crippen molar-refractivity contribution >= 4 is 11.9 Å². The topological polar surface area (TPSA) is 109 Å². The fraction of sp³-hybridized carbons (Fsp3) is 0.300. The third-order valence-corrected chi connectivity index (χ3v) is 2.04. The van der Waals surface area contributed by atoms with Crippen molar-refractivity contribution < 1.29 is 24.5 Å². The molecule has 0 aliphatic heterocycles. The summed E-state index contributed by atoms with van der Waals surface area (Å²) < 4.78 is 4.91. The second-order valence-electron chi connectivity index (χ2n) is 3.12. The summed E-state index contributed by atoms with van der Waals surface area (Å²) in [6.45, 7) is -0.686. The van der Waals surface area contributed by atoms with E-state index in [4.69, 9.17) is 14.9 Å². The molecule has 0 aromatic carbocycles. The number of hydrogen-bond acceptors (Lipinski definition) is 5. The third-order valence-electron chi connectivity index (χ3n) is 2.04. The van der Waals surface area contributed by atoms with Gasteiger partial charge in [-0.15, -0.1) is 0 Å². The Labute approximate surface area is 97.1 Å². The molecule has 1 amide bonds. The number of aromatic nitrogens is 1. The van der Waals surface area contributed by atoms with Gasteiger partial charge in [0.1, 0.15) is 5.75 Å². The molecule has 0 saturated carbocycles. The zero-order valence-electron chi connectivity index (χ0n) is 9.08. The monoisotopic (exact) mass is 240 g/mol. The van der Waals surface area contributed by atoms with Crippen LogP contribution in [0.5, 0.6) is 5.75 Å². The van der Waals surface area contributed by atoms with Crippen LogP contribution in [-0.2, 0) is 4.79 Å². The van der Waals surface area contributed by atoms with Crippen LogP contribution in [0.3, 0.4) is 0 Å². The second kappa shape index (κ2) is 5.80. The van der Waals surface area contributed by atoms with E-state index in [9.17, 15) is 9.59 Å². The summed E-state index contributed by atoms with van der Waals surface area (Å²) in [5.41, 5.74) is 0.155. The minimum atomic E-state index is -1.35. The molecule has 3 N–H and O–H groups in total. The molecule has 0 saturated heterocycles. The van der Waals surface area contributed by atoms with Crippen molar-refractivity contribution in [1.29, 1.82) is 0 Å². The molecule has 7 heteroatoms. The van der Waals surface area contributed by atoms with Crippen molar-refractivity contribution in [1.82, 2.24) is 10.3 Å². The van der Waals surface area contributed by atoms with Crippen molar-refractivity contribution in [2.24, 2.45) is 0 Å². The van der Waals surface area contributed by atoms with Gasteiger partial charge in [-0.3, -0.25) is 9.78 Å². The predicted molar refractivity (Wildman–Crippen MR) is 56.8 cm³/mol. The van der Waals surface area contributed by atoms with E-state index in [1.807, 2.05) is 0 Å². The molecule has 0 fully saturated rings. The Morgan fingerprint density at radius 3 is 2.82 bits per heavy atom. The first-order valence-electron chi connectivity index (χ1n) is 4.72. The molecule has 17 heavy (non-hydrogen) atoms. The number of pyridine rings is 1. The number of nitrogens with one attached hydrogen (secondary N) is 1. The Balaban J connectivity index is 2.86. The maximum atomic E-state index is 11.7. The fourth-order valence-electron chi connectivity index (χ4n) is 1.15. The van der Waals surface area contributed by atoms with E-state index in [0.29, 0.717) is 0 Å². The lowest BCUT2D eigenvalue weighted by Gasteiger charge is -2.12. The van der Waals surface area contributed by atoms with E-state index in [1.165, 1.54) is 25.6 Å². The molecule has 0 bridgehead atoms. The van der Waals surface area contributed by atoms with Crippen LogP contribution in [0.4, 0.5) is 0 Å². The highest BCUT2D eigenvalue weighted by Crippen LogP contribution is 2.15. The lowest BCUT2D eigenvalue weighted by molar-refractivity contribution is -0.140. The first-order valence-corrected chi connectivity index (χ1v) is 4.72. The first kappa shape index (κ1) is 12.9. The molecule has 0 spiro atoms. The average molecular weight is 240 g/mol. The number of carboxylic acid groups (broad SMARTS) is 1. The van der Waals surface area contributed by atoms with Crippen LogP contribution < -0.4 is 10.1 Å². The number of aliphatic carboxylic acids is 1. The lowest BCUT2D eigenvalue weighted by atomic mass is 10.2. The van der Waals surface area contributed by atoms with Crippen molar-refractivity contribution in [3.05, 3.63) is 24.0 Å². The van der Waals surface area contributed by atoms with Crippen LogP contribution in [0.15, 0.2) is 18.5 Å². The minimum absolute atomic E-state index is 0.155. The number of aliphatic hydroxyl groups is 1. The van der Waals surface area contributed by atoms with Crippen LogP contribution in [0.2, 0.25) is 0 Å². The highest BCUT2D eigenvalue weighted by atomic mass is 16.5. The van der Waals surface area contributed by atoms with Gasteiger partial charge in [-0.05, 0) is 6.07 Å². The normalized spacial score (nSPS) is 11.6. The predicted octanol–water partition coefficient (Wildman–Crippen LogP) is -0.735. The Hall–Kier alpha value is -2.15. The van der Waals surface area contributed by atoms with Gasteiger partial charge in [0.15, 0.2) is 6.04 Å². The molecule has 0 radical (unpaired) electrons. The smallest absolute Gasteiger partial charge is 0.328 e. The Morgan fingerprint density at radius 2 is 2.29 bits per heavy atom. The number of carboxylic acids is 1. The maximum Gasteiger partial charge on any atom is 0.328 e. The fourth-order valence-corrected chi connectivity index (χ4v) is 1.15. The summed E-state index contributed by atoms with van der Waals surface area (Å²) in [6.07, 6.45) is 2.72. The minimum Gasteiger partial charge on any atom is -0.494 e. The molecule has 1 heterocycles. The molecule has 1 atom stereocenters. The van der Waals surface area contributed by atoms with E-state index >= 15 is 0 Å². The van der Waals surface area contributed by atoms with Crippen LogP contribution in [0.1, 0.15) is 10.4 Å². The molecule has 1 rings (SSSR count). The number of methoxy groups -OCH3 is 1. The number of rotatable bonds is 5. The Kier molecular flexibility index (Phi) is 4.41. The number of ether oxygens (including phenoxy) is 1. The molecule has 0 aliphatic rings. The zero-order valence-corrected chi connectivity index (χ0v) is 9.08. The summed E-state index contributed by atoms with van der Waals surface area (Å²) in [4.78, 5) is 26.1. The SMILES string of the molecule is COc1cnccc1C(=O)N[C@H](CO)C(=O)O. The number of aliphatic hydroxyl groups excluding tert-OH is 1. The van der Waals surface area contributed by atoms with Crippen molar-refractivity contribution in [3.63, 3.8) is 0 Å². The Morgan fingerprint density at radius 1 is 1.59 bits per heavy atom. The Bertz CT molecular complexity index is 421. The van der Waals surface area contributed by atoms with Crippen LogP contribution in [-0.4, -0.2) is 46.8 Å². The quantitative estimate of drug-likeness (QED) is 0.625. The number of hydrogen-bond donors (Lipinski definition) is 3. The van der Waals surface area contributed by atoms with E-state index in [2.05, 4.69) is 10.3 Å². The third kappa shape index (κ3) is 3.15. The van der Waals surface area contributed by atoms with Crippen LogP contribution >= 0.6 is 0 Å². The summed E-state index contributed by atoms with van der Waals surface area (Å²) in [6, 6.07) is 0.0464. The number of amides is 1. The van der Waals surface area contributed by atoms with Crippen molar-refractivity contribution in [2.45, 2.75) is 6.04 Å². The van der Waals surface area contributed by atoms with Gasteiger partial charge in [0, 0.05) is 6.20 Å². The van der Waals surface area contributed by atoms with Gasteiger partial charge in [0.05, 0.1) is 25.5 Å². The standard InChI is InChI=1S/C10H12N2O5/c1-17-8-4-11-3-2-6(8)9(14)12-7(5-13)10(15)16/h2-4,7,13H,5H2,1H3,(H,12,14)(H,15,16)/t7-/m1/s1. The number of nitrogens with zero attached hydrogens (tertiary/aromatic N) is 1. The molecule has 0 aliphatic carbocycles. The lowest BCUT2D eigenvalue weighted by Crippen LogP contribution is -2.43. The summed E-state index contributed by atoms with van der Waals surface area (Å²) in [5, 5.41) is 19.6. The summed E-state index contributed by atoms with van der Waals surface area (Å²) >= 11 is 0. The molecule has 7 nitrogen and oxygen atoms in total. The number of carbonyl (C=O) groups is 2. The first-order chi connectivity index (χ1) is 8.10. The van der Waals surface area contributed by atoms with Crippen molar-refractivity contribution in [3.8, 4) is 5.75 Å². The summed E-state index contributed by atoms with van der Waals surface area (Å²) in [7, 11) is 1.37. The van der Waals surface area contributed by atoms with Crippen LogP contribution in [0, 0.1) is 0 Å². The largest absolute Gasteiger partial charge is 0.494 e. The molecule has 0 unspecified atom stereocenters. The molecule has 1 aromatic heterocycles. The second-order valence-corrected chi connectivity index (χ2v) is 3.12. The summed E-state index contributed by atoms with van der Waals surface area (Å²) in [5.74, 6) is -1.73. The average Bonchev–Trinajstić information content (AvgIpc) is 2.35. The van der Waals surface area contributed by atoms with Crippen molar-refractivity contribution in [2.75, 3.05) is 13.7 Å². The van der Waals surface area contributed by atoms with E-state index < -0.39 is 24.5 Å². The van der Waals surface area contributed by atoms with Gasteiger partial charge < -0.3 is 20.3 Å². The van der Waals surface area contributed by atoms with Gasteiger partial charge in [-0.1, -0.05) is 0 Å². The van der Waals surface area contributed by atoms with Gasteiger partial charge in [0.25, 0.3) is 5.91 Å². The number of carbonyl (C=O) groups excluding carboxylic acids is 1. The van der Waals surface area contributed by atoms with E-state index in [-0.39, 0.29) is 11.3 Å². The van der Waals surface area contributed by atoms with Gasteiger partial charge in [0.2, 0.25) is 0 Å². The van der Waals surface area contributed by atoms with Crippen LogP contribution in [0.25, 0.3) is 0 Å². The molecular weight excluding hydrogens is 228 g/mol. The maximum absolute atomic E-state index is 11.7. The van der Waals surface area contributed by atoms with Gasteiger partial charge in [-0.2, -0.15) is 0 Å². The van der Waals surface area contributed by atoms with Gasteiger partial charge >= 0.3 is 5.97 Å².